The van der Waals surface area contributed by atoms with Gasteiger partial charge in [-0.1, -0.05) is 42.6 Å². The van der Waals surface area contributed by atoms with Crippen LogP contribution in [0.1, 0.15) is 35.7 Å². The fourth-order valence-electron chi connectivity index (χ4n) is 3.67. The van der Waals surface area contributed by atoms with Gasteiger partial charge in [0.2, 0.25) is 12.7 Å². The highest BCUT2D eigenvalue weighted by Crippen LogP contribution is 2.35. The average Bonchev–Trinajstić information content (AvgIpc) is 3.38. The zero-order chi connectivity index (χ0) is 22.0. The molecule has 2 unspecified atom stereocenters. The van der Waals surface area contributed by atoms with Crippen molar-refractivity contribution < 1.29 is 19.1 Å². The van der Waals surface area contributed by atoms with Crippen LogP contribution in [0.3, 0.4) is 0 Å². The zero-order valence-electron chi connectivity index (χ0n) is 16.9. The van der Waals surface area contributed by atoms with Gasteiger partial charge in [0.15, 0.2) is 11.5 Å². The van der Waals surface area contributed by atoms with E-state index in [0.717, 1.165) is 18.4 Å². The molecule has 0 spiro atoms. The Kier molecular flexibility index (Phi) is 6.84. The maximum Gasteiger partial charge on any atom is 0.256 e. The van der Waals surface area contributed by atoms with E-state index in [2.05, 4.69) is 12.2 Å². The molecule has 2 aliphatic rings. The molecule has 2 atom stereocenters. The van der Waals surface area contributed by atoms with E-state index in [0.29, 0.717) is 34.4 Å². The lowest BCUT2D eigenvalue weighted by molar-refractivity contribution is -0.125. The molecule has 164 valence electrons. The molecular formula is C22H22Cl2N2O4S. The van der Waals surface area contributed by atoms with Gasteiger partial charge in [-0.25, -0.2) is 0 Å². The molecular weight excluding hydrogens is 459 g/mol. The zero-order valence-corrected chi connectivity index (χ0v) is 19.2. The highest BCUT2D eigenvalue weighted by molar-refractivity contribution is 8.00. The summed E-state index contributed by atoms with van der Waals surface area (Å²) < 4.78 is 10.7. The van der Waals surface area contributed by atoms with Crippen LogP contribution < -0.4 is 14.8 Å². The largest absolute Gasteiger partial charge is 0.454 e. The van der Waals surface area contributed by atoms with Crippen molar-refractivity contribution in [2.45, 2.75) is 37.7 Å². The minimum Gasteiger partial charge on any atom is -0.454 e. The lowest BCUT2D eigenvalue weighted by Gasteiger charge is -2.29. The fraction of sp³-hybridized carbons (Fsp3) is 0.364. The first-order valence-electron chi connectivity index (χ1n) is 10.0. The van der Waals surface area contributed by atoms with Crippen molar-refractivity contribution in [2.75, 3.05) is 12.5 Å². The Bertz CT molecular complexity index is 1000. The number of hydrogen-bond acceptors (Lipinski definition) is 5. The van der Waals surface area contributed by atoms with Crippen LogP contribution in [0.25, 0.3) is 0 Å². The molecule has 31 heavy (non-hydrogen) atoms. The van der Waals surface area contributed by atoms with E-state index < -0.39 is 6.04 Å². The Labute approximate surface area is 195 Å². The number of hydrogen-bond donors (Lipinski definition) is 1. The Hall–Kier alpha value is -2.09. The van der Waals surface area contributed by atoms with Gasteiger partial charge in [-0.2, -0.15) is 0 Å². The lowest BCUT2D eigenvalue weighted by atomic mass is 10.1. The number of rotatable bonds is 6. The van der Waals surface area contributed by atoms with E-state index in [1.807, 2.05) is 18.2 Å². The number of thioether (sulfide) groups is 1. The SMILES string of the molecule is CCCC1SCC(C(=O)NCc2ccc3c(c2)OCO3)N1C(=O)c1ccc(Cl)cc1Cl. The molecule has 2 aromatic rings. The van der Waals surface area contributed by atoms with E-state index >= 15 is 0 Å². The van der Waals surface area contributed by atoms with Gasteiger partial charge >= 0.3 is 0 Å². The predicted molar refractivity (Wildman–Crippen MR) is 122 cm³/mol. The van der Waals surface area contributed by atoms with Crippen LogP contribution in [0.4, 0.5) is 0 Å². The maximum absolute atomic E-state index is 13.4. The molecule has 1 saturated heterocycles. The lowest BCUT2D eigenvalue weighted by Crippen LogP contribution is -2.49. The molecule has 0 radical (unpaired) electrons. The van der Waals surface area contributed by atoms with E-state index in [1.165, 1.54) is 0 Å². The number of amides is 2. The van der Waals surface area contributed by atoms with Gasteiger partial charge in [0, 0.05) is 17.3 Å². The van der Waals surface area contributed by atoms with Crippen LogP contribution in [0, 0.1) is 0 Å². The molecule has 0 saturated carbocycles. The number of halogens is 2. The van der Waals surface area contributed by atoms with Gasteiger partial charge in [0.25, 0.3) is 5.91 Å². The van der Waals surface area contributed by atoms with Crippen molar-refractivity contribution in [3.8, 4) is 11.5 Å². The molecule has 1 fully saturated rings. The van der Waals surface area contributed by atoms with Crippen LogP contribution in [0.15, 0.2) is 36.4 Å². The predicted octanol–water partition coefficient (Wildman–Crippen LogP) is 4.72. The van der Waals surface area contributed by atoms with Crippen molar-refractivity contribution in [3.05, 3.63) is 57.6 Å². The first-order valence-corrected chi connectivity index (χ1v) is 11.8. The minimum absolute atomic E-state index is 0.0782. The number of carbonyl (C=O) groups is 2. The van der Waals surface area contributed by atoms with Gasteiger partial charge in [0.05, 0.1) is 16.0 Å². The molecule has 2 aliphatic heterocycles. The van der Waals surface area contributed by atoms with E-state index in [1.54, 1.807) is 34.9 Å². The van der Waals surface area contributed by atoms with Crippen molar-refractivity contribution in [1.29, 1.82) is 0 Å². The first-order chi connectivity index (χ1) is 15.0. The average molecular weight is 481 g/mol. The molecule has 2 aromatic carbocycles. The quantitative estimate of drug-likeness (QED) is 0.647. The summed E-state index contributed by atoms with van der Waals surface area (Å²) in [6.45, 7) is 2.60. The Morgan fingerprint density at radius 2 is 1.97 bits per heavy atom. The van der Waals surface area contributed by atoms with Crippen molar-refractivity contribution >= 4 is 46.8 Å². The van der Waals surface area contributed by atoms with Crippen LogP contribution in [0.5, 0.6) is 11.5 Å². The van der Waals surface area contributed by atoms with Gasteiger partial charge in [-0.15, -0.1) is 11.8 Å². The number of carbonyl (C=O) groups excluding carboxylic acids is 2. The monoisotopic (exact) mass is 480 g/mol. The molecule has 0 aromatic heterocycles. The topological polar surface area (TPSA) is 67.9 Å². The van der Waals surface area contributed by atoms with Crippen molar-refractivity contribution in [2.24, 2.45) is 0 Å². The summed E-state index contributed by atoms with van der Waals surface area (Å²) in [5.41, 5.74) is 1.25. The summed E-state index contributed by atoms with van der Waals surface area (Å²) in [4.78, 5) is 28.1. The number of nitrogens with zero attached hydrogens (tertiary/aromatic N) is 1. The minimum atomic E-state index is -0.574. The molecule has 2 amide bonds. The van der Waals surface area contributed by atoms with Crippen LogP contribution >= 0.6 is 35.0 Å². The normalized spacial score (nSPS) is 19.5. The smallest absolute Gasteiger partial charge is 0.256 e. The molecule has 6 nitrogen and oxygen atoms in total. The summed E-state index contributed by atoms with van der Waals surface area (Å²) in [6, 6.07) is 9.77. The Morgan fingerprint density at radius 3 is 2.74 bits per heavy atom. The standard InChI is InChI=1S/C22H22Cl2N2O4S/c1-2-3-20-26(22(28)15-6-5-14(23)9-16(15)24)17(11-31-20)21(27)25-10-13-4-7-18-19(8-13)30-12-29-18/h4-9,17,20H,2-3,10-12H2,1H3,(H,25,27). The fourth-order valence-corrected chi connectivity index (χ4v) is 5.68. The summed E-state index contributed by atoms with van der Waals surface area (Å²) in [5.74, 6) is 1.45. The Morgan fingerprint density at radius 1 is 1.16 bits per heavy atom. The van der Waals surface area contributed by atoms with Crippen molar-refractivity contribution in [3.63, 3.8) is 0 Å². The second kappa shape index (κ2) is 9.59. The maximum atomic E-state index is 13.4. The van der Waals surface area contributed by atoms with Gasteiger partial charge in [0.1, 0.15) is 6.04 Å². The highest BCUT2D eigenvalue weighted by atomic mass is 35.5. The van der Waals surface area contributed by atoms with E-state index in [9.17, 15) is 9.59 Å². The van der Waals surface area contributed by atoms with E-state index in [-0.39, 0.29) is 29.0 Å². The summed E-state index contributed by atoms with van der Waals surface area (Å²) >= 11 is 13.9. The molecule has 9 heteroatoms. The number of nitrogens with one attached hydrogen (secondary N) is 1. The third-order valence-corrected chi connectivity index (χ3v) is 7.13. The van der Waals surface area contributed by atoms with E-state index in [4.69, 9.17) is 32.7 Å². The van der Waals surface area contributed by atoms with Crippen LogP contribution in [-0.2, 0) is 11.3 Å². The number of fused-ring (bicyclic) bond motifs is 1. The molecule has 2 heterocycles. The molecule has 4 rings (SSSR count). The third-order valence-electron chi connectivity index (χ3n) is 5.23. The summed E-state index contributed by atoms with van der Waals surface area (Å²) in [6.07, 6.45) is 1.70. The van der Waals surface area contributed by atoms with Gasteiger partial charge in [-0.05, 0) is 42.3 Å². The highest BCUT2D eigenvalue weighted by Gasteiger charge is 2.41. The van der Waals surface area contributed by atoms with Gasteiger partial charge < -0.3 is 19.7 Å². The molecule has 1 N–H and O–H groups in total. The van der Waals surface area contributed by atoms with Crippen LogP contribution in [0.2, 0.25) is 10.0 Å². The van der Waals surface area contributed by atoms with Crippen LogP contribution in [-0.4, -0.2) is 40.7 Å². The second-order valence-corrected chi connectivity index (χ2v) is 9.39. The van der Waals surface area contributed by atoms with Gasteiger partial charge in [-0.3, -0.25) is 9.59 Å². The Balaban J connectivity index is 1.49. The number of benzene rings is 2. The molecule has 0 bridgehead atoms. The number of ether oxygens (including phenoxy) is 2. The summed E-state index contributed by atoms with van der Waals surface area (Å²) in [5, 5.41) is 3.62. The van der Waals surface area contributed by atoms with Crippen molar-refractivity contribution in [1.82, 2.24) is 10.2 Å². The first kappa shape index (κ1) is 22.1. The summed E-state index contributed by atoms with van der Waals surface area (Å²) in [7, 11) is 0. The second-order valence-electron chi connectivity index (χ2n) is 7.33. The third kappa shape index (κ3) is 4.73. The molecule has 0 aliphatic carbocycles.